The maximum absolute atomic E-state index is 13.4. The van der Waals surface area contributed by atoms with Crippen molar-refractivity contribution in [3.05, 3.63) is 67.1 Å². The Bertz CT molecular complexity index is 1360. The van der Waals surface area contributed by atoms with Crippen molar-refractivity contribution in [3.63, 3.8) is 0 Å². The van der Waals surface area contributed by atoms with E-state index >= 15 is 0 Å². The van der Waals surface area contributed by atoms with Gasteiger partial charge < -0.3 is 9.30 Å². The fraction of sp³-hybridized carbons (Fsp3) is 0.350. The van der Waals surface area contributed by atoms with Gasteiger partial charge in [0, 0.05) is 37.1 Å². The summed E-state index contributed by atoms with van der Waals surface area (Å²) in [5, 5.41) is 0.512. The molecular weight excluding hydrogens is 394 g/mol. The lowest BCUT2D eigenvalue weighted by Gasteiger charge is -2.09. The first-order valence-electron chi connectivity index (χ1n) is 9.26. The number of halogens is 1. The molecule has 1 aromatic carbocycles. The van der Waals surface area contributed by atoms with Crippen molar-refractivity contribution in [2.45, 2.75) is 26.9 Å². The molecule has 152 valence electrons. The highest BCUT2D eigenvalue weighted by Crippen LogP contribution is 2.21. The van der Waals surface area contributed by atoms with Crippen LogP contribution in [-0.4, -0.2) is 36.8 Å². The van der Waals surface area contributed by atoms with E-state index in [1.807, 2.05) is 34.9 Å². The molecule has 0 saturated heterocycles. The second-order valence-corrected chi connectivity index (χ2v) is 7.47. The van der Waals surface area contributed by atoms with Gasteiger partial charge in [-0.3, -0.25) is 18.3 Å². The lowest BCUT2D eigenvalue weighted by atomic mass is 10.2. The van der Waals surface area contributed by atoms with E-state index in [-0.39, 0.29) is 12.1 Å². The van der Waals surface area contributed by atoms with Crippen LogP contribution in [0.3, 0.4) is 0 Å². The van der Waals surface area contributed by atoms with E-state index in [1.165, 1.54) is 9.13 Å². The molecule has 8 nitrogen and oxygen atoms in total. The van der Waals surface area contributed by atoms with E-state index in [4.69, 9.17) is 16.3 Å². The monoisotopic (exact) mass is 415 g/mol. The fourth-order valence-corrected chi connectivity index (χ4v) is 3.90. The van der Waals surface area contributed by atoms with Crippen LogP contribution in [0.15, 0.2) is 33.9 Å². The zero-order chi connectivity index (χ0) is 20.9. The van der Waals surface area contributed by atoms with Crippen LogP contribution in [0.1, 0.15) is 17.0 Å². The van der Waals surface area contributed by atoms with Crippen LogP contribution in [-0.2, 0) is 24.9 Å². The molecule has 0 aliphatic heterocycles. The lowest BCUT2D eigenvalue weighted by molar-refractivity contribution is 0.187. The molecule has 0 unspecified atom stereocenters. The summed E-state index contributed by atoms with van der Waals surface area (Å²) in [7, 11) is 3.27. The van der Waals surface area contributed by atoms with Crippen LogP contribution >= 0.6 is 11.6 Å². The summed E-state index contributed by atoms with van der Waals surface area (Å²) < 4.78 is 11.7. The van der Waals surface area contributed by atoms with Gasteiger partial charge in [0.1, 0.15) is 0 Å². The third-order valence-corrected chi connectivity index (χ3v) is 5.80. The number of ether oxygens (including phenoxy) is 1. The van der Waals surface area contributed by atoms with E-state index in [1.54, 1.807) is 26.3 Å². The number of rotatable bonds is 5. The second-order valence-electron chi connectivity index (χ2n) is 7.06. The topological polar surface area (TPSA) is 75.5 Å². The molecule has 3 aromatic heterocycles. The largest absolute Gasteiger partial charge is 0.383 e. The van der Waals surface area contributed by atoms with Gasteiger partial charge in [-0.1, -0.05) is 29.8 Å². The van der Waals surface area contributed by atoms with Crippen molar-refractivity contribution in [2.75, 3.05) is 13.7 Å². The summed E-state index contributed by atoms with van der Waals surface area (Å²) >= 11 is 6.25. The number of fused-ring (bicyclic) bond motifs is 3. The molecule has 3 heterocycles. The highest BCUT2D eigenvalue weighted by molar-refractivity contribution is 6.31. The van der Waals surface area contributed by atoms with Crippen molar-refractivity contribution >= 4 is 28.5 Å². The first kappa shape index (κ1) is 19.5. The molecule has 9 heteroatoms. The molecule has 4 rings (SSSR count). The van der Waals surface area contributed by atoms with Gasteiger partial charge >= 0.3 is 5.69 Å². The maximum atomic E-state index is 13.4. The average molecular weight is 416 g/mol. The van der Waals surface area contributed by atoms with Gasteiger partial charge in [0.05, 0.1) is 13.2 Å². The Morgan fingerprint density at radius 3 is 2.52 bits per heavy atom. The van der Waals surface area contributed by atoms with Crippen LogP contribution in [0.4, 0.5) is 0 Å². The summed E-state index contributed by atoms with van der Waals surface area (Å²) in [6, 6.07) is 7.19. The molecule has 0 amide bonds. The fourth-order valence-electron chi connectivity index (χ4n) is 3.70. The van der Waals surface area contributed by atoms with Crippen LogP contribution in [0, 0.1) is 13.8 Å². The summed E-state index contributed by atoms with van der Waals surface area (Å²) in [4.78, 5) is 31.0. The van der Waals surface area contributed by atoms with E-state index in [0.717, 1.165) is 11.4 Å². The molecule has 0 N–H and O–H groups in total. The molecule has 29 heavy (non-hydrogen) atoms. The molecule has 4 aromatic rings. The van der Waals surface area contributed by atoms with Crippen molar-refractivity contribution in [1.82, 2.24) is 23.1 Å². The van der Waals surface area contributed by atoms with Gasteiger partial charge in [0.15, 0.2) is 11.2 Å². The normalized spacial score (nSPS) is 11.8. The minimum absolute atomic E-state index is 0.0940. The molecule has 0 spiro atoms. The molecule has 0 fully saturated rings. The first-order chi connectivity index (χ1) is 13.9. The molecule has 0 aliphatic rings. The Morgan fingerprint density at radius 2 is 1.83 bits per heavy atom. The number of methoxy groups -OCH3 is 1. The van der Waals surface area contributed by atoms with Gasteiger partial charge in [0.25, 0.3) is 5.56 Å². The van der Waals surface area contributed by atoms with Gasteiger partial charge in [-0.15, -0.1) is 0 Å². The Morgan fingerprint density at radius 1 is 1.10 bits per heavy atom. The van der Waals surface area contributed by atoms with Gasteiger partial charge in [-0.05, 0) is 25.5 Å². The number of hydrogen-bond acceptors (Lipinski definition) is 4. The second kappa shape index (κ2) is 7.20. The smallest absolute Gasteiger partial charge is 0.332 e. The van der Waals surface area contributed by atoms with E-state index < -0.39 is 5.69 Å². The third-order valence-electron chi connectivity index (χ3n) is 5.44. The predicted molar refractivity (Wildman–Crippen MR) is 112 cm³/mol. The lowest BCUT2D eigenvalue weighted by Crippen LogP contribution is -2.39. The summed E-state index contributed by atoms with van der Waals surface area (Å²) in [6.07, 6.45) is 0. The Kier molecular flexibility index (Phi) is 4.84. The Hall–Kier alpha value is -2.84. The molecule has 0 radical (unpaired) electrons. The number of benzene rings is 1. The van der Waals surface area contributed by atoms with Crippen molar-refractivity contribution < 1.29 is 4.74 Å². The summed E-state index contributed by atoms with van der Waals surface area (Å²) in [6.45, 7) is 5.14. The Labute approximate surface area is 171 Å². The van der Waals surface area contributed by atoms with E-state index in [2.05, 4.69) is 4.98 Å². The minimum Gasteiger partial charge on any atom is -0.383 e. The number of hydrogen-bond donors (Lipinski definition) is 0. The molecule has 0 bridgehead atoms. The minimum atomic E-state index is -0.430. The standard InChI is InChI=1S/C20H22ClN5O3/c1-12-13(2)26-16-17(22-19(26)24(12)9-10-29-4)23(3)20(28)25(18(16)27)11-14-7-5-6-8-15(14)21/h5-8H,9-11H2,1-4H3. The van der Waals surface area contributed by atoms with Gasteiger partial charge in [0.2, 0.25) is 5.78 Å². The van der Waals surface area contributed by atoms with E-state index in [9.17, 15) is 9.59 Å². The number of aromatic nitrogens is 5. The average Bonchev–Trinajstić information content (AvgIpc) is 3.20. The van der Waals surface area contributed by atoms with Crippen LogP contribution < -0.4 is 11.2 Å². The van der Waals surface area contributed by atoms with Gasteiger partial charge in [-0.25, -0.2) is 4.79 Å². The quantitative estimate of drug-likeness (QED) is 0.500. The number of imidazole rings is 2. The first-order valence-corrected chi connectivity index (χ1v) is 9.64. The molecular formula is C20H22ClN5O3. The van der Waals surface area contributed by atoms with E-state index in [0.29, 0.717) is 40.7 Å². The summed E-state index contributed by atoms with van der Waals surface area (Å²) in [5.74, 6) is 0.620. The van der Waals surface area contributed by atoms with Crippen LogP contribution in [0.5, 0.6) is 0 Å². The molecule has 0 aliphatic carbocycles. The highest BCUT2D eigenvalue weighted by atomic mass is 35.5. The number of aryl methyl sites for hydroxylation is 2. The van der Waals surface area contributed by atoms with Gasteiger partial charge in [-0.2, -0.15) is 4.98 Å². The third kappa shape index (κ3) is 2.90. The zero-order valence-electron chi connectivity index (χ0n) is 16.8. The highest BCUT2D eigenvalue weighted by Gasteiger charge is 2.22. The zero-order valence-corrected chi connectivity index (χ0v) is 17.5. The number of nitrogens with zero attached hydrogens (tertiary/aromatic N) is 5. The van der Waals surface area contributed by atoms with Crippen molar-refractivity contribution in [2.24, 2.45) is 7.05 Å². The van der Waals surface area contributed by atoms with Crippen molar-refractivity contribution in [3.8, 4) is 0 Å². The molecule has 0 saturated carbocycles. The SMILES string of the molecule is COCCn1c(C)c(C)n2c3c(=O)n(Cc4ccccc4Cl)c(=O)n(C)c3nc12. The summed E-state index contributed by atoms with van der Waals surface area (Å²) in [5.41, 5.74) is 2.53. The molecule has 0 atom stereocenters. The van der Waals surface area contributed by atoms with Crippen molar-refractivity contribution in [1.29, 1.82) is 0 Å². The predicted octanol–water partition coefficient (Wildman–Crippen LogP) is 2.11. The van der Waals surface area contributed by atoms with Crippen LogP contribution in [0.2, 0.25) is 5.02 Å². The maximum Gasteiger partial charge on any atom is 0.332 e. The van der Waals surface area contributed by atoms with Crippen LogP contribution in [0.25, 0.3) is 16.9 Å². The Balaban J connectivity index is 2.03.